The Labute approximate surface area is 111 Å². The van der Waals surface area contributed by atoms with E-state index >= 15 is 0 Å². The molecule has 0 aromatic carbocycles. The molecule has 2 heterocycles. The van der Waals surface area contributed by atoms with E-state index in [4.69, 9.17) is 0 Å². The van der Waals surface area contributed by atoms with Crippen LogP contribution in [0.4, 0.5) is 5.82 Å². The smallest absolute Gasteiger partial charge is 0.358 e. The first-order valence-corrected chi connectivity index (χ1v) is 6.52. The SMILES string of the molecule is C[C@H]1CCCN(C(=O)CCn2ccc([N+](=O)[O-])n2)C1. The van der Waals surface area contributed by atoms with Gasteiger partial charge >= 0.3 is 5.82 Å². The van der Waals surface area contributed by atoms with Crippen LogP contribution in [0.1, 0.15) is 26.2 Å². The number of piperidine rings is 1. The molecule has 7 nitrogen and oxygen atoms in total. The first-order chi connectivity index (χ1) is 9.06. The van der Waals surface area contributed by atoms with Gasteiger partial charge in [-0.1, -0.05) is 6.92 Å². The number of nitro groups is 1. The minimum Gasteiger partial charge on any atom is -0.358 e. The molecule has 0 unspecified atom stereocenters. The number of hydrogen-bond acceptors (Lipinski definition) is 4. The van der Waals surface area contributed by atoms with E-state index < -0.39 is 4.92 Å². The van der Waals surface area contributed by atoms with Crippen LogP contribution >= 0.6 is 0 Å². The summed E-state index contributed by atoms with van der Waals surface area (Å²) in [6.45, 7) is 4.17. The lowest BCUT2D eigenvalue weighted by atomic mass is 10.00. The van der Waals surface area contributed by atoms with E-state index in [0.29, 0.717) is 18.9 Å². The number of aryl methyl sites for hydroxylation is 1. The maximum absolute atomic E-state index is 12.0. The molecule has 1 aromatic heterocycles. The predicted octanol–water partition coefficient (Wildman–Crippen LogP) is 1.44. The van der Waals surface area contributed by atoms with E-state index in [1.807, 2.05) is 4.90 Å². The lowest BCUT2D eigenvalue weighted by Crippen LogP contribution is -2.39. The van der Waals surface area contributed by atoms with Crippen LogP contribution in [-0.4, -0.2) is 38.6 Å². The van der Waals surface area contributed by atoms with Crippen molar-refractivity contribution >= 4 is 11.7 Å². The van der Waals surface area contributed by atoms with E-state index in [1.54, 1.807) is 0 Å². The number of likely N-dealkylation sites (tertiary alicyclic amines) is 1. The zero-order chi connectivity index (χ0) is 13.8. The minimum absolute atomic E-state index is 0.102. The molecule has 0 radical (unpaired) electrons. The molecule has 0 bridgehead atoms. The highest BCUT2D eigenvalue weighted by atomic mass is 16.6. The predicted molar refractivity (Wildman–Crippen MR) is 68.5 cm³/mol. The highest BCUT2D eigenvalue weighted by molar-refractivity contribution is 5.76. The summed E-state index contributed by atoms with van der Waals surface area (Å²) in [5.74, 6) is 0.479. The standard InChI is InChI=1S/C12H18N4O3/c1-10-3-2-6-14(9-10)12(17)5-8-15-7-4-11(13-15)16(18)19/h4,7,10H,2-3,5-6,8-9H2,1H3/t10-/m0/s1. The van der Waals surface area contributed by atoms with Crippen LogP contribution < -0.4 is 0 Å². The van der Waals surface area contributed by atoms with Gasteiger partial charge in [-0.15, -0.1) is 0 Å². The fourth-order valence-corrected chi connectivity index (χ4v) is 2.36. The molecule has 1 aromatic rings. The Bertz CT molecular complexity index is 471. The summed E-state index contributed by atoms with van der Waals surface area (Å²) in [6, 6.07) is 1.34. The van der Waals surface area contributed by atoms with Crippen LogP contribution in [0.2, 0.25) is 0 Å². The van der Waals surface area contributed by atoms with Crippen molar-refractivity contribution in [1.29, 1.82) is 0 Å². The van der Waals surface area contributed by atoms with Gasteiger partial charge in [-0.3, -0.25) is 4.79 Å². The molecule has 0 saturated carbocycles. The number of carbonyl (C=O) groups excluding carboxylic acids is 1. The average Bonchev–Trinajstić information content (AvgIpc) is 2.85. The van der Waals surface area contributed by atoms with Crippen molar-refractivity contribution in [2.75, 3.05) is 13.1 Å². The van der Waals surface area contributed by atoms with Crippen molar-refractivity contribution in [3.05, 3.63) is 22.4 Å². The van der Waals surface area contributed by atoms with Gasteiger partial charge in [-0.05, 0) is 23.7 Å². The van der Waals surface area contributed by atoms with E-state index in [9.17, 15) is 14.9 Å². The van der Waals surface area contributed by atoms with Gasteiger partial charge in [0.2, 0.25) is 5.91 Å². The zero-order valence-electron chi connectivity index (χ0n) is 11.0. The molecule has 1 saturated heterocycles. The molecule has 1 fully saturated rings. The van der Waals surface area contributed by atoms with Crippen LogP contribution in [0.25, 0.3) is 0 Å². The summed E-state index contributed by atoms with van der Waals surface area (Å²) >= 11 is 0. The Hall–Kier alpha value is -1.92. The van der Waals surface area contributed by atoms with Crippen molar-refractivity contribution in [3.63, 3.8) is 0 Å². The second-order valence-electron chi connectivity index (χ2n) is 5.03. The largest absolute Gasteiger partial charge is 0.389 e. The maximum atomic E-state index is 12.0. The Kier molecular flexibility index (Phi) is 4.13. The average molecular weight is 266 g/mol. The minimum atomic E-state index is -0.537. The number of hydrogen-bond donors (Lipinski definition) is 0. The monoisotopic (exact) mass is 266 g/mol. The fraction of sp³-hybridized carbons (Fsp3) is 0.667. The molecule has 1 atom stereocenters. The van der Waals surface area contributed by atoms with Crippen LogP contribution in [0.3, 0.4) is 0 Å². The Morgan fingerprint density at radius 2 is 2.42 bits per heavy atom. The Balaban J connectivity index is 1.84. The van der Waals surface area contributed by atoms with Gasteiger partial charge in [0.15, 0.2) is 0 Å². The lowest BCUT2D eigenvalue weighted by molar-refractivity contribution is -0.389. The molecule has 2 rings (SSSR count). The summed E-state index contributed by atoms with van der Waals surface area (Å²) in [4.78, 5) is 23.8. The second-order valence-corrected chi connectivity index (χ2v) is 5.03. The summed E-state index contributed by atoms with van der Waals surface area (Å²) < 4.78 is 1.45. The van der Waals surface area contributed by atoms with Crippen LogP contribution in [0.5, 0.6) is 0 Å². The third-order valence-corrected chi connectivity index (χ3v) is 3.38. The molecular formula is C12H18N4O3. The lowest BCUT2D eigenvalue weighted by Gasteiger charge is -2.30. The fourth-order valence-electron chi connectivity index (χ4n) is 2.36. The summed E-state index contributed by atoms with van der Waals surface area (Å²) in [5.41, 5.74) is 0. The van der Waals surface area contributed by atoms with Gasteiger partial charge in [-0.2, -0.15) is 4.68 Å². The molecular weight excluding hydrogens is 248 g/mol. The van der Waals surface area contributed by atoms with Crippen molar-refractivity contribution in [1.82, 2.24) is 14.7 Å². The zero-order valence-corrected chi connectivity index (χ0v) is 11.0. The molecule has 19 heavy (non-hydrogen) atoms. The van der Waals surface area contributed by atoms with Crippen LogP contribution in [0, 0.1) is 16.0 Å². The van der Waals surface area contributed by atoms with Crippen molar-refractivity contribution in [2.24, 2.45) is 5.92 Å². The molecule has 0 N–H and O–H groups in total. The topological polar surface area (TPSA) is 81.3 Å². The van der Waals surface area contributed by atoms with Gasteiger partial charge in [0.25, 0.3) is 0 Å². The van der Waals surface area contributed by atoms with E-state index in [1.165, 1.54) is 23.4 Å². The summed E-state index contributed by atoms with van der Waals surface area (Å²) in [5, 5.41) is 14.3. The molecule has 104 valence electrons. The molecule has 1 aliphatic rings. The van der Waals surface area contributed by atoms with Gasteiger partial charge in [0.1, 0.15) is 0 Å². The summed E-state index contributed by atoms with van der Waals surface area (Å²) in [7, 11) is 0. The summed E-state index contributed by atoms with van der Waals surface area (Å²) in [6.07, 6.45) is 4.10. The highest BCUT2D eigenvalue weighted by Crippen LogP contribution is 2.16. The number of amides is 1. The van der Waals surface area contributed by atoms with Gasteiger partial charge < -0.3 is 15.0 Å². The number of nitrogens with zero attached hydrogens (tertiary/aromatic N) is 4. The maximum Gasteiger partial charge on any atom is 0.389 e. The number of rotatable bonds is 4. The van der Waals surface area contributed by atoms with Gasteiger partial charge in [-0.25, -0.2) is 0 Å². The van der Waals surface area contributed by atoms with Crippen LogP contribution in [-0.2, 0) is 11.3 Å². The van der Waals surface area contributed by atoms with E-state index in [2.05, 4.69) is 12.0 Å². The Morgan fingerprint density at radius 1 is 1.63 bits per heavy atom. The highest BCUT2D eigenvalue weighted by Gasteiger charge is 2.21. The van der Waals surface area contributed by atoms with Crippen molar-refractivity contribution < 1.29 is 9.72 Å². The normalized spacial score (nSPS) is 19.4. The third-order valence-electron chi connectivity index (χ3n) is 3.38. The Morgan fingerprint density at radius 3 is 3.05 bits per heavy atom. The van der Waals surface area contributed by atoms with E-state index in [0.717, 1.165) is 19.5 Å². The van der Waals surface area contributed by atoms with Crippen molar-refractivity contribution in [2.45, 2.75) is 32.7 Å². The van der Waals surface area contributed by atoms with Gasteiger partial charge in [0.05, 0.1) is 23.9 Å². The molecule has 0 aliphatic carbocycles. The quantitative estimate of drug-likeness (QED) is 0.610. The number of aromatic nitrogens is 2. The number of carbonyl (C=O) groups is 1. The molecule has 1 amide bonds. The van der Waals surface area contributed by atoms with Crippen LogP contribution in [0.15, 0.2) is 12.3 Å². The molecule has 1 aliphatic heterocycles. The molecule has 7 heteroatoms. The van der Waals surface area contributed by atoms with Gasteiger partial charge in [0, 0.05) is 19.5 Å². The second kappa shape index (κ2) is 5.81. The molecule has 0 spiro atoms. The first kappa shape index (κ1) is 13.5. The van der Waals surface area contributed by atoms with Crippen molar-refractivity contribution in [3.8, 4) is 0 Å². The third kappa shape index (κ3) is 3.52. The van der Waals surface area contributed by atoms with E-state index in [-0.39, 0.29) is 11.7 Å². The first-order valence-electron chi connectivity index (χ1n) is 6.52.